The van der Waals surface area contributed by atoms with Crippen molar-refractivity contribution >= 4 is 0 Å². The number of phenolic OH excluding ortho intramolecular Hbond substituents is 1. The highest BCUT2D eigenvalue weighted by molar-refractivity contribution is 5.26. The summed E-state index contributed by atoms with van der Waals surface area (Å²) in [6, 6.07) is 7.32. The van der Waals surface area contributed by atoms with E-state index in [4.69, 9.17) is 4.74 Å². The number of aromatic hydroxyl groups is 1. The molecule has 0 heterocycles. The van der Waals surface area contributed by atoms with Gasteiger partial charge in [-0.2, -0.15) is 0 Å². The van der Waals surface area contributed by atoms with Crippen LogP contribution >= 0.6 is 0 Å². The summed E-state index contributed by atoms with van der Waals surface area (Å²) in [6.45, 7) is 4.41. The predicted octanol–water partition coefficient (Wildman–Crippen LogP) is 1.06. The van der Waals surface area contributed by atoms with Crippen molar-refractivity contribution in [3.05, 3.63) is 29.8 Å². The lowest BCUT2D eigenvalue weighted by atomic mass is 10.2. The first-order chi connectivity index (χ1) is 8.22. The van der Waals surface area contributed by atoms with Crippen molar-refractivity contribution in [1.82, 2.24) is 10.2 Å². The van der Waals surface area contributed by atoms with Crippen LogP contribution in [0, 0.1) is 0 Å². The van der Waals surface area contributed by atoms with E-state index in [0.717, 1.165) is 38.3 Å². The Bertz CT molecular complexity index is 318. The van der Waals surface area contributed by atoms with E-state index in [0.29, 0.717) is 5.75 Å². The Morgan fingerprint density at radius 2 is 2.18 bits per heavy atom. The molecule has 0 saturated heterocycles. The minimum absolute atomic E-state index is 0.321. The van der Waals surface area contributed by atoms with Gasteiger partial charge in [-0.25, -0.2) is 0 Å². The Balaban J connectivity index is 2.11. The van der Waals surface area contributed by atoms with Crippen LogP contribution in [0.5, 0.6) is 5.75 Å². The number of benzene rings is 1. The molecule has 0 bridgehead atoms. The molecule has 0 amide bonds. The average molecular weight is 238 g/mol. The van der Waals surface area contributed by atoms with Crippen molar-refractivity contribution in [3.8, 4) is 5.75 Å². The molecule has 4 nitrogen and oxygen atoms in total. The lowest BCUT2D eigenvalue weighted by molar-refractivity contribution is 0.161. The van der Waals surface area contributed by atoms with Gasteiger partial charge in [-0.1, -0.05) is 12.1 Å². The Labute approximate surface area is 103 Å². The maximum absolute atomic E-state index is 9.31. The molecule has 96 valence electrons. The van der Waals surface area contributed by atoms with Crippen LogP contribution in [0.4, 0.5) is 0 Å². The van der Waals surface area contributed by atoms with Crippen molar-refractivity contribution in [3.63, 3.8) is 0 Å². The number of nitrogens with zero attached hydrogens (tertiary/aromatic N) is 1. The Kier molecular flexibility index (Phi) is 6.62. The second kappa shape index (κ2) is 8.06. The number of likely N-dealkylation sites (N-methyl/N-ethyl adjacent to an activating group) is 1. The van der Waals surface area contributed by atoms with Gasteiger partial charge in [-0.05, 0) is 24.7 Å². The smallest absolute Gasteiger partial charge is 0.115 e. The van der Waals surface area contributed by atoms with E-state index in [9.17, 15) is 5.11 Å². The summed E-state index contributed by atoms with van der Waals surface area (Å²) in [6.07, 6.45) is 0. The van der Waals surface area contributed by atoms with Gasteiger partial charge < -0.3 is 20.1 Å². The van der Waals surface area contributed by atoms with Gasteiger partial charge >= 0.3 is 0 Å². The molecule has 4 heteroatoms. The van der Waals surface area contributed by atoms with E-state index in [-0.39, 0.29) is 0 Å². The lowest BCUT2D eigenvalue weighted by Gasteiger charge is -2.16. The highest BCUT2D eigenvalue weighted by Gasteiger charge is 1.98. The number of hydrogen-bond acceptors (Lipinski definition) is 4. The van der Waals surface area contributed by atoms with E-state index >= 15 is 0 Å². The maximum atomic E-state index is 9.31. The standard InChI is InChI=1S/C13H22N2O2/c1-15(8-9-17-2)7-6-14-11-12-4-3-5-13(16)10-12/h3-5,10,14,16H,6-9,11H2,1-2H3. The van der Waals surface area contributed by atoms with Crippen molar-refractivity contribution in [2.75, 3.05) is 40.4 Å². The second-order valence-corrected chi connectivity index (χ2v) is 4.14. The minimum atomic E-state index is 0.321. The van der Waals surface area contributed by atoms with Crippen molar-refractivity contribution in [2.24, 2.45) is 0 Å². The molecule has 0 unspecified atom stereocenters. The van der Waals surface area contributed by atoms with Crippen LogP contribution in [0.15, 0.2) is 24.3 Å². The number of nitrogens with one attached hydrogen (secondary N) is 1. The Hall–Kier alpha value is -1.10. The SMILES string of the molecule is COCCN(C)CCNCc1cccc(O)c1. The van der Waals surface area contributed by atoms with Gasteiger partial charge in [0.1, 0.15) is 5.75 Å². The van der Waals surface area contributed by atoms with Crippen LogP contribution in [0.1, 0.15) is 5.56 Å². The van der Waals surface area contributed by atoms with Gasteiger partial charge in [-0.15, -0.1) is 0 Å². The van der Waals surface area contributed by atoms with Crippen LogP contribution in [0.3, 0.4) is 0 Å². The molecule has 1 aromatic rings. The van der Waals surface area contributed by atoms with Crippen LogP contribution in [0.2, 0.25) is 0 Å². The first-order valence-corrected chi connectivity index (χ1v) is 5.88. The molecular weight excluding hydrogens is 216 g/mol. The quantitative estimate of drug-likeness (QED) is 0.665. The summed E-state index contributed by atoms with van der Waals surface area (Å²) >= 11 is 0. The molecule has 0 fully saturated rings. The summed E-state index contributed by atoms with van der Waals surface area (Å²) in [5.74, 6) is 0.321. The number of hydrogen-bond donors (Lipinski definition) is 2. The van der Waals surface area contributed by atoms with Gasteiger partial charge in [0.25, 0.3) is 0 Å². The van der Waals surface area contributed by atoms with Crippen molar-refractivity contribution < 1.29 is 9.84 Å². The van der Waals surface area contributed by atoms with Crippen molar-refractivity contribution in [2.45, 2.75) is 6.54 Å². The zero-order valence-electron chi connectivity index (χ0n) is 10.6. The van der Waals surface area contributed by atoms with Gasteiger partial charge in [-0.3, -0.25) is 0 Å². The molecule has 2 N–H and O–H groups in total. The third kappa shape index (κ3) is 6.26. The number of ether oxygens (including phenoxy) is 1. The van der Waals surface area contributed by atoms with Gasteiger partial charge in [0.2, 0.25) is 0 Å². The van der Waals surface area contributed by atoms with Crippen LogP contribution in [0.25, 0.3) is 0 Å². The molecular formula is C13H22N2O2. The third-order valence-corrected chi connectivity index (χ3v) is 2.59. The zero-order chi connectivity index (χ0) is 12.5. The highest BCUT2D eigenvalue weighted by Crippen LogP contribution is 2.10. The second-order valence-electron chi connectivity index (χ2n) is 4.14. The zero-order valence-corrected chi connectivity index (χ0v) is 10.6. The van der Waals surface area contributed by atoms with E-state index in [1.807, 2.05) is 12.1 Å². The molecule has 0 aliphatic rings. The van der Waals surface area contributed by atoms with Gasteiger partial charge in [0.15, 0.2) is 0 Å². The summed E-state index contributed by atoms with van der Waals surface area (Å²) in [7, 11) is 3.79. The van der Waals surface area contributed by atoms with Crippen LogP contribution in [-0.4, -0.2) is 50.4 Å². The molecule has 0 aliphatic carbocycles. The fourth-order valence-corrected chi connectivity index (χ4v) is 1.53. The van der Waals surface area contributed by atoms with E-state index in [1.54, 1.807) is 19.2 Å². The number of phenols is 1. The normalized spacial score (nSPS) is 11.0. The first kappa shape index (κ1) is 14.0. The van der Waals surface area contributed by atoms with Crippen LogP contribution < -0.4 is 5.32 Å². The summed E-state index contributed by atoms with van der Waals surface area (Å²) in [4.78, 5) is 2.22. The van der Waals surface area contributed by atoms with Gasteiger partial charge in [0, 0.05) is 33.3 Å². The molecule has 0 aliphatic heterocycles. The van der Waals surface area contributed by atoms with Crippen molar-refractivity contribution in [1.29, 1.82) is 0 Å². The van der Waals surface area contributed by atoms with E-state index in [2.05, 4.69) is 17.3 Å². The largest absolute Gasteiger partial charge is 0.508 e. The van der Waals surface area contributed by atoms with Gasteiger partial charge in [0.05, 0.1) is 6.61 Å². The molecule has 1 aromatic carbocycles. The molecule has 1 rings (SSSR count). The summed E-state index contributed by atoms with van der Waals surface area (Å²) in [5, 5.41) is 12.6. The predicted molar refractivity (Wildman–Crippen MR) is 69.2 cm³/mol. The minimum Gasteiger partial charge on any atom is -0.508 e. The molecule has 0 aromatic heterocycles. The molecule has 0 saturated carbocycles. The average Bonchev–Trinajstić information content (AvgIpc) is 2.32. The number of rotatable bonds is 8. The Morgan fingerprint density at radius 3 is 2.88 bits per heavy atom. The third-order valence-electron chi connectivity index (χ3n) is 2.59. The fraction of sp³-hybridized carbons (Fsp3) is 0.538. The number of methoxy groups -OCH3 is 1. The fourth-order valence-electron chi connectivity index (χ4n) is 1.53. The highest BCUT2D eigenvalue weighted by atomic mass is 16.5. The molecule has 17 heavy (non-hydrogen) atoms. The van der Waals surface area contributed by atoms with E-state index < -0.39 is 0 Å². The topological polar surface area (TPSA) is 44.7 Å². The first-order valence-electron chi connectivity index (χ1n) is 5.88. The van der Waals surface area contributed by atoms with Crippen LogP contribution in [-0.2, 0) is 11.3 Å². The summed E-state index contributed by atoms with van der Waals surface area (Å²) in [5.41, 5.74) is 1.10. The molecule has 0 radical (unpaired) electrons. The molecule has 0 spiro atoms. The monoisotopic (exact) mass is 238 g/mol. The Morgan fingerprint density at radius 1 is 1.35 bits per heavy atom. The summed E-state index contributed by atoms with van der Waals surface area (Å²) < 4.78 is 5.01. The van der Waals surface area contributed by atoms with E-state index in [1.165, 1.54) is 0 Å². The maximum Gasteiger partial charge on any atom is 0.115 e. The lowest BCUT2D eigenvalue weighted by Crippen LogP contribution is -2.31. The molecule has 0 atom stereocenters.